The normalized spacial score (nSPS) is 13.4. The van der Waals surface area contributed by atoms with Gasteiger partial charge in [0.15, 0.2) is 0 Å². The Kier molecular flexibility index (Phi) is 2.06. The van der Waals surface area contributed by atoms with Gasteiger partial charge >= 0.3 is 0 Å². The van der Waals surface area contributed by atoms with E-state index in [0.29, 0.717) is 0 Å². The van der Waals surface area contributed by atoms with Crippen LogP contribution in [0.4, 0.5) is 4.39 Å². The zero-order chi connectivity index (χ0) is 12.1. The van der Waals surface area contributed by atoms with Crippen molar-refractivity contribution in [1.29, 1.82) is 0 Å². The summed E-state index contributed by atoms with van der Waals surface area (Å²) in [4.78, 5) is 4.71. The molecule has 1 aliphatic heterocycles. The molecular formula is C15H10FNS. The SMILES string of the molecule is Fc1ccc2[nH]c3c(c2c1)CSc1ccccc1-3. The molecule has 3 aromatic rings. The van der Waals surface area contributed by atoms with Gasteiger partial charge in [-0.15, -0.1) is 11.8 Å². The van der Waals surface area contributed by atoms with Gasteiger partial charge in [-0.2, -0.15) is 0 Å². The van der Waals surface area contributed by atoms with Crippen LogP contribution in [0.25, 0.3) is 22.2 Å². The molecule has 1 aromatic heterocycles. The van der Waals surface area contributed by atoms with E-state index in [2.05, 4.69) is 23.2 Å². The lowest BCUT2D eigenvalue weighted by Crippen LogP contribution is -1.93. The Bertz CT molecular complexity index is 760. The maximum atomic E-state index is 13.4. The van der Waals surface area contributed by atoms with Gasteiger partial charge in [0, 0.05) is 27.1 Å². The molecule has 0 atom stereocenters. The molecule has 2 heterocycles. The second-order valence-corrected chi connectivity index (χ2v) is 5.47. The van der Waals surface area contributed by atoms with Crippen molar-refractivity contribution in [2.75, 3.05) is 0 Å². The summed E-state index contributed by atoms with van der Waals surface area (Å²) in [5.41, 5.74) is 4.59. The highest BCUT2D eigenvalue weighted by Gasteiger charge is 2.20. The minimum Gasteiger partial charge on any atom is -0.354 e. The van der Waals surface area contributed by atoms with Crippen LogP contribution in [-0.2, 0) is 5.75 Å². The molecule has 1 aliphatic rings. The van der Waals surface area contributed by atoms with Crippen LogP contribution >= 0.6 is 11.8 Å². The molecule has 4 rings (SSSR count). The lowest BCUT2D eigenvalue weighted by molar-refractivity contribution is 0.629. The zero-order valence-electron chi connectivity index (χ0n) is 9.53. The van der Waals surface area contributed by atoms with E-state index in [1.165, 1.54) is 22.1 Å². The Morgan fingerprint density at radius 2 is 2.00 bits per heavy atom. The number of thioether (sulfide) groups is 1. The van der Waals surface area contributed by atoms with Crippen LogP contribution < -0.4 is 0 Å². The van der Waals surface area contributed by atoms with E-state index in [4.69, 9.17) is 0 Å². The predicted octanol–water partition coefficient (Wildman–Crippen LogP) is 4.58. The minimum absolute atomic E-state index is 0.173. The highest BCUT2D eigenvalue weighted by atomic mass is 32.2. The highest BCUT2D eigenvalue weighted by molar-refractivity contribution is 7.98. The van der Waals surface area contributed by atoms with Gasteiger partial charge in [-0.05, 0) is 29.8 Å². The van der Waals surface area contributed by atoms with Crippen LogP contribution in [0.15, 0.2) is 47.4 Å². The van der Waals surface area contributed by atoms with Crippen molar-refractivity contribution in [3.8, 4) is 11.3 Å². The van der Waals surface area contributed by atoms with E-state index in [-0.39, 0.29) is 5.82 Å². The van der Waals surface area contributed by atoms with E-state index >= 15 is 0 Å². The summed E-state index contributed by atoms with van der Waals surface area (Å²) < 4.78 is 13.4. The van der Waals surface area contributed by atoms with Crippen molar-refractivity contribution in [1.82, 2.24) is 4.98 Å². The Morgan fingerprint density at radius 3 is 2.94 bits per heavy atom. The molecule has 0 aliphatic carbocycles. The van der Waals surface area contributed by atoms with Crippen molar-refractivity contribution in [2.24, 2.45) is 0 Å². The van der Waals surface area contributed by atoms with Crippen LogP contribution in [-0.4, -0.2) is 4.98 Å². The largest absolute Gasteiger partial charge is 0.354 e. The number of H-pyrrole nitrogens is 1. The lowest BCUT2D eigenvalue weighted by atomic mass is 10.1. The number of aromatic amines is 1. The maximum Gasteiger partial charge on any atom is 0.123 e. The fraction of sp³-hybridized carbons (Fsp3) is 0.0667. The first kappa shape index (κ1) is 10.2. The zero-order valence-corrected chi connectivity index (χ0v) is 10.4. The Balaban J connectivity index is 2.08. The van der Waals surface area contributed by atoms with Gasteiger partial charge in [-0.25, -0.2) is 4.39 Å². The van der Waals surface area contributed by atoms with Crippen molar-refractivity contribution in [3.63, 3.8) is 0 Å². The first-order valence-electron chi connectivity index (χ1n) is 5.85. The van der Waals surface area contributed by atoms with Crippen molar-refractivity contribution >= 4 is 22.7 Å². The quantitative estimate of drug-likeness (QED) is 0.621. The molecule has 0 spiro atoms. The van der Waals surface area contributed by atoms with E-state index in [1.54, 1.807) is 6.07 Å². The van der Waals surface area contributed by atoms with Crippen molar-refractivity contribution in [3.05, 3.63) is 53.8 Å². The van der Waals surface area contributed by atoms with E-state index < -0.39 is 0 Å². The highest BCUT2D eigenvalue weighted by Crippen LogP contribution is 2.43. The number of aromatic nitrogens is 1. The number of rotatable bonds is 0. The van der Waals surface area contributed by atoms with Gasteiger partial charge < -0.3 is 4.98 Å². The third-order valence-electron chi connectivity index (χ3n) is 3.40. The van der Waals surface area contributed by atoms with Gasteiger partial charge in [0.2, 0.25) is 0 Å². The van der Waals surface area contributed by atoms with E-state index in [0.717, 1.165) is 22.3 Å². The maximum absolute atomic E-state index is 13.4. The molecule has 3 heteroatoms. The molecule has 0 fully saturated rings. The monoisotopic (exact) mass is 255 g/mol. The summed E-state index contributed by atoms with van der Waals surface area (Å²) >= 11 is 1.81. The third kappa shape index (κ3) is 1.34. The number of nitrogens with one attached hydrogen (secondary N) is 1. The summed E-state index contributed by atoms with van der Waals surface area (Å²) in [7, 11) is 0. The molecule has 0 bridgehead atoms. The molecule has 18 heavy (non-hydrogen) atoms. The van der Waals surface area contributed by atoms with E-state index in [1.807, 2.05) is 23.9 Å². The number of fused-ring (bicyclic) bond motifs is 5. The van der Waals surface area contributed by atoms with Gasteiger partial charge in [0.1, 0.15) is 5.82 Å². The summed E-state index contributed by atoms with van der Waals surface area (Å²) in [6, 6.07) is 13.3. The van der Waals surface area contributed by atoms with Crippen LogP contribution in [0, 0.1) is 5.82 Å². The predicted molar refractivity (Wildman–Crippen MR) is 73.3 cm³/mol. The second kappa shape index (κ2) is 3.62. The average Bonchev–Trinajstić information content (AvgIpc) is 2.77. The second-order valence-electron chi connectivity index (χ2n) is 4.45. The summed E-state index contributed by atoms with van der Waals surface area (Å²) in [6.07, 6.45) is 0. The lowest BCUT2D eigenvalue weighted by Gasteiger charge is -2.15. The molecule has 88 valence electrons. The van der Waals surface area contributed by atoms with Gasteiger partial charge in [-0.1, -0.05) is 18.2 Å². The topological polar surface area (TPSA) is 15.8 Å². The van der Waals surface area contributed by atoms with Crippen LogP contribution in [0.2, 0.25) is 0 Å². The minimum atomic E-state index is -0.173. The molecule has 1 N–H and O–H groups in total. The molecule has 0 saturated carbocycles. The van der Waals surface area contributed by atoms with Gasteiger partial charge in [0.05, 0.1) is 5.69 Å². The summed E-state index contributed by atoms with van der Waals surface area (Å²) in [5, 5.41) is 1.01. The molecule has 0 unspecified atom stereocenters. The Labute approximate surface area is 108 Å². The average molecular weight is 255 g/mol. The van der Waals surface area contributed by atoms with E-state index in [9.17, 15) is 4.39 Å². The first-order valence-corrected chi connectivity index (χ1v) is 6.84. The smallest absolute Gasteiger partial charge is 0.123 e. The fourth-order valence-electron chi connectivity index (χ4n) is 2.55. The van der Waals surface area contributed by atoms with Crippen LogP contribution in [0.3, 0.4) is 0 Å². The van der Waals surface area contributed by atoms with Crippen LogP contribution in [0.5, 0.6) is 0 Å². The van der Waals surface area contributed by atoms with Crippen molar-refractivity contribution in [2.45, 2.75) is 10.6 Å². The molecule has 0 amide bonds. The molecule has 1 nitrogen and oxygen atoms in total. The number of hydrogen-bond donors (Lipinski definition) is 1. The summed E-state index contributed by atoms with van der Waals surface area (Å²) in [6.45, 7) is 0. The molecule has 2 aromatic carbocycles. The number of hydrogen-bond acceptors (Lipinski definition) is 1. The number of halogens is 1. The molecular weight excluding hydrogens is 245 g/mol. The van der Waals surface area contributed by atoms with Gasteiger partial charge in [-0.3, -0.25) is 0 Å². The Morgan fingerprint density at radius 1 is 1.11 bits per heavy atom. The first-order chi connectivity index (χ1) is 8.83. The summed E-state index contributed by atoms with van der Waals surface area (Å²) in [5.74, 6) is 0.726. The van der Waals surface area contributed by atoms with Gasteiger partial charge in [0.25, 0.3) is 0 Å². The van der Waals surface area contributed by atoms with Crippen LogP contribution in [0.1, 0.15) is 5.56 Å². The standard InChI is InChI=1S/C15H10FNS/c16-9-5-6-13-11(7-9)12-8-18-14-4-2-1-3-10(14)15(12)17-13/h1-7,17H,8H2. The number of benzene rings is 2. The Hall–Kier alpha value is -1.74. The fourth-order valence-corrected chi connectivity index (χ4v) is 3.65. The molecule has 0 radical (unpaired) electrons. The van der Waals surface area contributed by atoms with Crippen molar-refractivity contribution < 1.29 is 4.39 Å². The third-order valence-corrected chi connectivity index (χ3v) is 4.50. The molecule has 0 saturated heterocycles.